The minimum Gasteiger partial charge on any atom is -0.298 e. The number of rotatable bonds is 3. The van der Waals surface area contributed by atoms with E-state index in [1.807, 2.05) is 11.4 Å². The summed E-state index contributed by atoms with van der Waals surface area (Å²) >= 11 is 1.43. The summed E-state index contributed by atoms with van der Waals surface area (Å²) in [7, 11) is -3.12. The second-order valence-electron chi connectivity index (χ2n) is 5.67. The zero-order valence-electron chi connectivity index (χ0n) is 12.5. The summed E-state index contributed by atoms with van der Waals surface area (Å²) in [5, 5.41) is 2.97. The standard InChI is InChI=1S/C15H19FN2O2S2/c1-22(19,20)18-7-3-6-17(8-9-18)10-12-11-21-15-13(12)4-2-5-14(15)16/h2,4-5,11H,3,6-10H2,1H3. The van der Waals surface area contributed by atoms with E-state index >= 15 is 0 Å². The number of hydrogen-bond acceptors (Lipinski definition) is 4. The van der Waals surface area contributed by atoms with Crippen molar-refractivity contribution in [1.82, 2.24) is 9.21 Å². The lowest BCUT2D eigenvalue weighted by atomic mass is 10.1. The highest BCUT2D eigenvalue weighted by molar-refractivity contribution is 7.88. The molecule has 0 unspecified atom stereocenters. The Kier molecular flexibility index (Phi) is 4.49. The largest absolute Gasteiger partial charge is 0.298 e. The van der Waals surface area contributed by atoms with Gasteiger partial charge in [-0.05, 0) is 35.4 Å². The predicted octanol–water partition coefficient (Wildman–Crippen LogP) is 2.51. The SMILES string of the molecule is CS(=O)(=O)N1CCCN(Cc2csc3c(F)cccc23)CC1. The first-order valence-corrected chi connectivity index (χ1v) is 10.00. The van der Waals surface area contributed by atoms with Crippen LogP contribution in [0.15, 0.2) is 23.6 Å². The number of hydrogen-bond donors (Lipinski definition) is 0. The summed E-state index contributed by atoms with van der Waals surface area (Å²) in [6.45, 7) is 3.41. The van der Waals surface area contributed by atoms with Gasteiger partial charge < -0.3 is 0 Å². The number of sulfonamides is 1. The number of nitrogens with zero attached hydrogens (tertiary/aromatic N) is 2. The number of benzene rings is 1. The molecule has 0 atom stereocenters. The van der Waals surface area contributed by atoms with Crippen LogP contribution in [0, 0.1) is 5.82 Å². The highest BCUT2D eigenvalue weighted by atomic mass is 32.2. The number of halogens is 1. The van der Waals surface area contributed by atoms with Crippen molar-refractivity contribution in [3.8, 4) is 0 Å². The van der Waals surface area contributed by atoms with Crippen LogP contribution in [-0.2, 0) is 16.6 Å². The van der Waals surface area contributed by atoms with E-state index in [0.29, 0.717) is 24.3 Å². The lowest BCUT2D eigenvalue weighted by Gasteiger charge is -2.20. The molecule has 0 spiro atoms. The zero-order chi connectivity index (χ0) is 15.7. The second-order valence-corrected chi connectivity index (χ2v) is 8.53. The summed E-state index contributed by atoms with van der Waals surface area (Å²) in [6.07, 6.45) is 2.08. The fraction of sp³-hybridized carbons (Fsp3) is 0.467. The summed E-state index contributed by atoms with van der Waals surface area (Å²) in [6, 6.07) is 5.17. The lowest BCUT2D eigenvalue weighted by Crippen LogP contribution is -2.34. The first-order chi connectivity index (χ1) is 10.4. The highest BCUT2D eigenvalue weighted by Gasteiger charge is 2.21. The molecular weight excluding hydrogens is 323 g/mol. The summed E-state index contributed by atoms with van der Waals surface area (Å²) < 4.78 is 39.3. The minimum absolute atomic E-state index is 0.173. The van der Waals surface area contributed by atoms with Gasteiger partial charge in [-0.3, -0.25) is 4.90 Å². The topological polar surface area (TPSA) is 40.6 Å². The Hall–Kier alpha value is -1.02. The monoisotopic (exact) mass is 342 g/mol. The van der Waals surface area contributed by atoms with Crippen LogP contribution in [0.1, 0.15) is 12.0 Å². The van der Waals surface area contributed by atoms with Gasteiger partial charge >= 0.3 is 0 Å². The van der Waals surface area contributed by atoms with Gasteiger partial charge in [-0.1, -0.05) is 12.1 Å². The Balaban J connectivity index is 1.74. The Morgan fingerprint density at radius 3 is 2.82 bits per heavy atom. The van der Waals surface area contributed by atoms with E-state index in [1.54, 1.807) is 10.4 Å². The molecule has 1 aliphatic heterocycles. The molecule has 0 amide bonds. The van der Waals surface area contributed by atoms with Crippen molar-refractivity contribution in [3.05, 3.63) is 35.0 Å². The van der Waals surface area contributed by atoms with Crippen LogP contribution in [0.3, 0.4) is 0 Å². The molecule has 0 bridgehead atoms. The van der Waals surface area contributed by atoms with Crippen LogP contribution in [-0.4, -0.2) is 50.1 Å². The van der Waals surface area contributed by atoms with E-state index < -0.39 is 10.0 Å². The molecule has 2 heterocycles. The Morgan fingerprint density at radius 1 is 1.23 bits per heavy atom. The van der Waals surface area contributed by atoms with Crippen molar-refractivity contribution >= 4 is 31.4 Å². The van der Waals surface area contributed by atoms with Crippen molar-refractivity contribution in [1.29, 1.82) is 0 Å². The molecule has 7 heteroatoms. The number of fused-ring (bicyclic) bond motifs is 1. The molecule has 120 valence electrons. The lowest BCUT2D eigenvalue weighted by molar-refractivity contribution is 0.280. The van der Waals surface area contributed by atoms with Crippen LogP contribution in [0.4, 0.5) is 4.39 Å². The first kappa shape index (κ1) is 15.9. The van der Waals surface area contributed by atoms with Crippen molar-refractivity contribution in [2.45, 2.75) is 13.0 Å². The maximum Gasteiger partial charge on any atom is 0.211 e. The Bertz CT molecular complexity index is 773. The van der Waals surface area contributed by atoms with E-state index in [4.69, 9.17) is 0 Å². The van der Waals surface area contributed by atoms with Gasteiger partial charge in [-0.15, -0.1) is 11.3 Å². The first-order valence-electron chi connectivity index (χ1n) is 7.27. The highest BCUT2D eigenvalue weighted by Crippen LogP contribution is 2.29. The van der Waals surface area contributed by atoms with Crippen molar-refractivity contribution in [3.63, 3.8) is 0 Å². The van der Waals surface area contributed by atoms with Crippen molar-refractivity contribution < 1.29 is 12.8 Å². The molecule has 1 aromatic heterocycles. The van der Waals surface area contributed by atoms with E-state index in [2.05, 4.69) is 4.90 Å². The van der Waals surface area contributed by atoms with Crippen LogP contribution >= 0.6 is 11.3 Å². The maximum atomic E-state index is 13.7. The van der Waals surface area contributed by atoms with Crippen LogP contribution < -0.4 is 0 Å². The smallest absolute Gasteiger partial charge is 0.211 e. The maximum absolute atomic E-state index is 13.7. The van der Waals surface area contributed by atoms with Gasteiger partial charge in [0.2, 0.25) is 10.0 Å². The summed E-state index contributed by atoms with van der Waals surface area (Å²) in [5.74, 6) is -0.173. The molecule has 0 radical (unpaired) electrons. The average molecular weight is 342 g/mol. The molecule has 0 saturated carbocycles. The van der Waals surface area contributed by atoms with Gasteiger partial charge in [0.1, 0.15) is 5.82 Å². The van der Waals surface area contributed by atoms with Gasteiger partial charge in [-0.2, -0.15) is 0 Å². The van der Waals surface area contributed by atoms with Crippen LogP contribution in [0.2, 0.25) is 0 Å². The van der Waals surface area contributed by atoms with E-state index in [9.17, 15) is 12.8 Å². The van der Waals surface area contributed by atoms with Gasteiger partial charge in [-0.25, -0.2) is 17.1 Å². The third-order valence-electron chi connectivity index (χ3n) is 4.04. The molecule has 3 rings (SSSR count). The fourth-order valence-corrected chi connectivity index (χ4v) is 4.72. The third-order valence-corrected chi connectivity index (χ3v) is 6.40. The van der Waals surface area contributed by atoms with E-state index in [-0.39, 0.29) is 5.82 Å². The molecule has 0 N–H and O–H groups in total. The molecule has 1 fully saturated rings. The quantitative estimate of drug-likeness (QED) is 0.860. The Morgan fingerprint density at radius 2 is 2.05 bits per heavy atom. The molecular formula is C15H19FN2O2S2. The molecule has 4 nitrogen and oxygen atoms in total. The van der Waals surface area contributed by atoms with Crippen molar-refractivity contribution in [2.75, 3.05) is 32.4 Å². The summed E-state index contributed by atoms with van der Waals surface area (Å²) in [4.78, 5) is 2.25. The molecule has 2 aromatic rings. The van der Waals surface area contributed by atoms with Gasteiger partial charge in [0.05, 0.1) is 11.0 Å². The summed E-state index contributed by atoms with van der Waals surface area (Å²) in [5.41, 5.74) is 1.12. The number of thiophene rings is 1. The Labute approximate surface area is 134 Å². The normalized spacial score (nSPS) is 18.6. The fourth-order valence-electron chi connectivity index (χ4n) is 2.88. The third kappa shape index (κ3) is 3.32. The van der Waals surface area contributed by atoms with Crippen LogP contribution in [0.25, 0.3) is 10.1 Å². The van der Waals surface area contributed by atoms with Crippen molar-refractivity contribution in [2.24, 2.45) is 0 Å². The van der Waals surface area contributed by atoms with E-state index in [1.165, 1.54) is 23.7 Å². The van der Waals surface area contributed by atoms with Crippen LogP contribution in [0.5, 0.6) is 0 Å². The second kappa shape index (κ2) is 6.23. The zero-order valence-corrected chi connectivity index (χ0v) is 14.1. The van der Waals surface area contributed by atoms with Gasteiger partial charge in [0, 0.05) is 26.2 Å². The molecule has 1 saturated heterocycles. The van der Waals surface area contributed by atoms with E-state index in [0.717, 1.165) is 30.5 Å². The van der Waals surface area contributed by atoms with Gasteiger partial charge in [0.25, 0.3) is 0 Å². The molecule has 1 aliphatic rings. The average Bonchev–Trinajstić information content (AvgIpc) is 2.70. The molecule has 1 aromatic carbocycles. The van der Waals surface area contributed by atoms with Gasteiger partial charge in [0.15, 0.2) is 0 Å². The molecule has 22 heavy (non-hydrogen) atoms. The molecule has 0 aliphatic carbocycles. The predicted molar refractivity (Wildman–Crippen MR) is 88.1 cm³/mol. The minimum atomic E-state index is -3.12.